The molecule has 8 heteroatoms. The van der Waals surface area contributed by atoms with Crippen LogP contribution in [0.3, 0.4) is 0 Å². The molecule has 3 aromatic rings. The van der Waals surface area contributed by atoms with E-state index in [1.54, 1.807) is 25.4 Å². The van der Waals surface area contributed by atoms with Crippen LogP contribution in [0.2, 0.25) is 10.0 Å². The topological polar surface area (TPSA) is 71.9 Å². The zero-order chi connectivity index (χ0) is 26.8. The maximum absolute atomic E-state index is 11.9. The summed E-state index contributed by atoms with van der Waals surface area (Å²) >= 11 is 11.5. The molecule has 2 heterocycles. The van der Waals surface area contributed by atoms with Gasteiger partial charge in [0.05, 0.1) is 16.3 Å². The highest BCUT2D eigenvalue weighted by molar-refractivity contribution is 6.30. The van der Waals surface area contributed by atoms with Crippen molar-refractivity contribution in [2.24, 2.45) is 5.92 Å². The van der Waals surface area contributed by atoms with Crippen LogP contribution in [0, 0.1) is 5.92 Å². The summed E-state index contributed by atoms with van der Waals surface area (Å²) in [4.78, 5) is 18.2. The van der Waals surface area contributed by atoms with Gasteiger partial charge in [-0.25, -0.2) is 0 Å². The van der Waals surface area contributed by atoms with Gasteiger partial charge in [-0.15, -0.1) is 0 Å². The molecular weight excluding hydrogens is 511 g/mol. The molecule has 0 spiro atoms. The number of halogens is 2. The molecule has 1 aliphatic heterocycles. The van der Waals surface area contributed by atoms with Gasteiger partial charge in [-0.3, -0.25) is 14.7 Å². The average molecular weight is 546 g/mol. The van der Waals surface area contributed by atoms with Crippen LogP contribution in [-0.2, 0) is 21.6 Å². The van der Waals surface area contributed by atoms with E-state index in [1.165, 1.54) is 0 Å². The lowest BCUT2D eigenvalue weighted by atomic mass is 9.78. The minimum absolute atomic E-state index is 0.0912. The highest BCUT2D eigenvalue weighted by Crippen LogP contribution is 2.37. The summed E-state index contributed by atoms with van der Waals surface area (Å²) in [7, 11) is 3.52. The van der Waals surface area contributed by atoms with E-state index >= 15 is 0 Å². The van der Waals surface area contributed by atoms with Crippen molar-refractivity contribution in [1.29, 1.82) is 0 Å². The van der Waals surface area contributed by atoms with Crippen LogP contribution in [0.25, 0.3) is 0 Å². The number of benzene rings is 2. The number of hydrogen-bond acceptors (Lipinski definition) is 6. The van der Waals surface area contributed by atoms with Crippen LogP contribution in [0.15, 0.2) is 66.9 Å². The molecule has 0 amide bonds. The predicted octanol–water partition coefficient (Wildman–Crippen LogP) is 6.30. The Morgan fingerprint density at radius 3 is 2.38 bits per heavy atom. The summed E-state index contributed by atoms with van der Waals surface area (Å²) < 4.78 is 11.1. The molecule has 0 saturated carbocycles. The van der Waals surface area contributed by atoms with E-state index in [1.807, 2.05) is 67.4 Å². The van der Waals surface area contributed by atoms with Crippen LogP contribution in [0.5, 0.6) is 0 Å². The predicted molar refractivity (Wildman–Crippen MR) is 147 cm³/mol. The fourth-order valence-corrected chi connectivity index (χ4v) is 4.77. The number of aliphatic hydroxyl groups is 1. The summed E-state index contributed by atoms with van der Waals surface area (Å²) in [6, 6.07) is 18.6. The second-order valence-electron chi connectivity index (χ2n) is 9.26. The first-order chi connectivity index (χ1) is 17.8. The lowest BCUT2D eigenvalue weighted by molar-refractivity contribution is -0.0581. The van der Waals surface area contributed by atoms with E-state index in [0.717, 1.165) is 41.0 Å². The van der Waals surface area contributed by atoms with Crippen molar-refractivity contribution in [2.45, 2.75) is 38.1 Å². The Balaban J connectivity index is 0.000000468. The average Bonchev–Trinajstić information content (AvgIpc) is 2.92. The summed E-state index contributed by atoms with van der Waals surface area (Å²) in [5.41, 5.74) is 1.80. The Kier molecular flexibility index (Phi) is 11.1. The Morgan fingerprint density at radius 1 is 1.14 bits per heavy atom. The van der Waals surface area contributed by atoms with Crippen molar-refractivity contribution in [1.82, 2.24) is 9.88 Å². The van der Waals surface area contributed by atoms with Crippen molar-refractivity contribution in [3.8, 4) is 0 Å². The molecule has 0 bridgehead atoms. The van der Waals surface area contributed by atoms with E-state index in [-0.39, 0.29) is 5.92 Å². The maximum atomic E-state index is 11.9. The lowest BCUT2D eigenvalue weighted by Crippen LogP contribution is -2.36. The maximum Gasteiger partial charge on any atom is 0.150 e. The number of ether oxygens (including phenoxy) is 2. The van der Waals surface area contributed by atoms with Crippen LogP contribution in [-0.4, -0.2) is 48.6 Å². The molecule has 2 atom stereocenters. The molecule has 4 rings (SSSR count). The molecule has 1 fully saturated rings. The van der Waals surface area contributed by atoms with Gasteiger partial charge >= 0.3 is 0 Å². The van der Waals surface area contributed by atoms with Gasteiger partial charge in [0.25, 0.3) is 0 Å². The van der Waals surface area contributed by atoms with Gasteiger partial charge in [0.1, 0.15) is 12.5 Å². The van der Waals surface area contributed by atoms with Gasteiger partial charge in [-0.2, -0.15) is 0 Å². The Labute approximate surface area is 229 Å². The van der Waals surface area contributed by atoms with Crippen molar-refractivity contribution < 1.29 is 19.4 Å². The Bertz CT molecular complexity index is 1120. The third-order valence-electron chi connectivity index (χ3n) is 6.64. The number of pyridine rings is 1. The van der Waals surface area contributed by atoms with Gasteiger partial charge in [0.2, 0.25) is 0 Å². The molecule has 2 aromatic carbocycles. The fraction of sp³-hybridized carbons (Fsp3) is 0.379. The minimum Gasteiger partial charge on any atom is -0.385 e. The van der Waals surface area contributed by atoms with Crippen LogP contribution in [0.4, 0.5) is 0 Å². The second-order valence-corrected chi connectivity index (χ2v) is 10.1. The number of carbonyl (C=O) groups excluding carboxylic acids is 1. The van der Waals surface area contributed by atoms with E-state index in [9.17, 15) is 9.90 Å². The standard InChI is InChI=1S/C23H29ClN2O4.C6H5Cl/c1-23(28,17-8-10-30-11-9-17)18-4-7-21(16(12-18)15-27)22(29-3)26(2)14-20-6-5-19(24)13-25-20;7-6-4-2-1-3-5-6/h4-7,12-13,15,17,22,28H,8-11,14H2,1-3H3;1-5H. The quantitative estimate of drug-likeness (QED) is 0.265. The summed E-state index contributed by atoms with van der Waals surface area (Å²) in [5.74, 6) is 0.0912. The summed E-state index contributed by atoms with van der Waals surface area (Å²) in [6.07, 6.45) is 3.58. The number of aldehydes is 1. The van der Waals surface area contributed by atoms with Crippen molar-refractivity contribution in [3.05, 3.63) is 99.3 Å². The molecule has 0 radical (unpaired) electrons. The molecular formula is C29H34Cl2N2O4. The smallest absolute Gasteiger partial charge is 0.150 e. The summed E-state index contributed by atoms with van der Waals surface area (Å²) in [6.45, 7) is 3.64. The molecule has 0 aliphatic carbocycles. The van der Waals surface area contributed by atoms with E-state index in [2.05, 4.69) is 4.98 Å². The Morgan fingerprint density at radius 2 is 1.84 bits per heavy atom. The Hall–Kier alpha value is -2.32. The third-order valence-corrected chi connectivity index (χ3v) is 7.11. The van der Waals surface area contributed by atoms with Gasteiger partial charge in [0.15, 0.2) is 0 Å². The minimum atomic E-state index is -1.03. The molecule has 198 valence electrons. The van der Waals surface area contributed by atoms with E-state index < -0.39 is 11.8 Å². The number of carbonyl (C=O) groups is 1. The van der Waals surface area contributed by atoms with Gasteiger partial charge < -0.3 is 14.6 Å². The zero-order valence-electron chi connectivity index (χ0n) is 21.4. The van der Waals surface area contributed by atoms with E-state index in [0.29, 0.717) is 30.3 Å². The molecule has 1 aliphatic rings. The first kappa shape index (κ1) is 29.2. The van der Waals surface area contributed by atoms with Crippen molar-refractivity contribution >= 4 is 29.5 Å². The van der Waals surface area contributed by atoms with Gasteiger partial charge in [-0.1, -0.05) is 53.5 Å². The molecule has 1 saturated heterocycles. The molecule has 1 N–H and O–H groups in total. The SMILES string of the molecule is COC(c1ccc(C(C)(O)C2CCOCC2)cc1C=O)N(C)Cc1ccc(Cl)cn1.Clc1ccccc1. The highest BCUT2D eigenvalue weighted by atomic mass is 35.5. The van der Waals surface area contributed by atoms with Crippen LogP contribution >= 0.6 is 23.2 Å². The second kappa shape index (κ2) is 14.0. The number of nitrogens with zero attached hydrogens (tertiary/aromatic N) is 2. The first-order valence-electron chi connectivity index (χ1n) is 12.2. The molecule has 37 heavy (non-hydrogen) atoms. The van der Waals surface area contributed by atoms with Gasteiger partial charge in [-0.05, 0) is 68.6 Å². The number of aromatic nitrogens is 1. The largest absolute Gasteiger partial charge is 0.385 e. The monoisotopic (exact) mass is 544 g/mol. The highest BCUT2D eigenvalue weighted by Gasteiger charge is 2.35. The molecule has 1 aromatic heterocycles. The van der Waals surface area contributed by atoms with Crippen LogP contribution < -0.4 is 0 Å². The fourth-order valence-electron chi connectivity index (χ4n) is 4.51. The van der Waals surface area contributed by atoms with Crippen molar-refractivity contribution in [2.75, 3.05) is 27.4 Å². The number of hydrogen-bond donors (Lipinski definition) is 1. The normalized spacial score (nSPS) is 16.4. The first-order valence-corrected chi connectivity index (χ1v) is 13.0. The lowest BCUT2D eigenvalue weighted by Gasteiger charge is -2.36. The van der Waals surface area contributed by atoms with Gasteiger partial charge in [0, 0.05) is 49.2 Å². The zero-order valence-corrected chi connectivity index (χ0v) is 23.0. The molecule has 6 nitrogen and oxygen atoms in total. The number of methoxy groups -OCH3 is 1. The van der Waals surface area contributed by atoms with Crippen molar-refractivity contribution in [3.63, 3.8) is 0 Å². The molecule has 2 unspecified atom stereocenters. The number of rotatable bonds is 8. The van der Waals surface area contributed by atoms with E-state index in [4.69, 9.17) is 32.7 Å². The third kappa shape index (κ3) is 8.08. The summed E-state index contributed by atoms with van der Waals surface area (Å²) in [5, 5.41) is 12.6. The van der Waals surface area contributed by atoms with Crippen LogP contribution in [0.1, 0.15) is 53.2 Å².